The fraction of sp³-hybridized carbons (Fsp3) is 0.286. The summed E-state index contributed by atoms with van der Waals surface area (Å²) in [7, 11) is 0. The van der Waals surface area contributed by atoms with Gasteiger partial charge in [0, 0.05) is 0 Å². The van der Waals surface area contributed by atoms with Gasteiger partial charge in [-0.2, -0.15) is 0 Å². The number of hydrogen-bond donors (Lipinski definition) is 0. The van der Waals surface area contributed by atoms with Crippen molar-refractivity contribution in [1.29, 1.82) is 0 Å². The molecule has 2 aromatic rings. The molecule has 0 unspecified atom stereocenters. The van der Waals surface area contributed by atoms with E-state index >= 15 is 0 Å². The summed E-state index contributed by atoms with van der Waals surface area (Å²) in [6.07, 6.45) is 6.43. The molecule has 0 N–H and O–H groups in total. The number of pyridine rings is 2. The van der Waals surface area contributed by atoms with Gasteiger partial charge < -0.3 is 0 Å². The molecule has 0 bridgehead atoms. The Morgan fingerprint density at radius 1 is 0.722 bits per heavy atom. The van der Waals surface area contributed by atoms with Crippen molar-refractivity contribution in [2.45, 2.75) is 23.5 Å². The third-order valence-electron chi connectivity index (χ3n) is 2.31. The molecule has 0 radical (unpaired) electrons. The van der Waals surface area contributed by atoms with Gasteiger partial charge in [-0.15, -0.1) is 0 Å². The van der Waals surface area contributed by atoms with Gasteiger partial charge in [0.25, 0.3) is 0 Å². The molecule has 0 atom stereocenters. The van der Waals surface area contributed by atoms with E-state index in [1.165, 1.54) is 32.7 Å². The number of hydrogen-bond acceptors (Lipinski definition) is 2. The molecule has 0 saturated carbocycles. The van der Waals surface area contributed by atoms with Crippen LogP contribution in [0.5, 0.6) is 0 Å². The molecule has 0 aliphatic rings. The first-order chi connectivity index (χ1) is 8.95. The van der Waals surface area contributed by atoms with E-state index in [1.54, 1.807) is 0 Å². The molecular formula is C14H16N2Se2. The first-order valence-electron chi connectivity index (χ1n) is 6.03. The molecule has 0 aromatic carbocycles. The van der Waals surface area contributed by atoms with Crippen molar-refractivity contribution in [2.24, 2.45) is 0 Å². The SMILES string of the molecule is c1ccc([Se]CCCC[Se]c2ccccn2)nc1. The second-order valence-corrected chi connectivity index (χ2v) is 8.42. The topological polar surface area (TPSA) is 25.8 Å². The predicted octanol–water partition coefficient (Wildman–Crippen LogP) is 1.45. The maximum absolute atomic E-state index is 4.37. The Bertz CT molecular complexity index is 391. The fourth-order valence-corrected chi connectivity index (χ4v) is 5.06. The summed E-state index contributed by atoms with van der Waals surface area (Å²) >= 11 is 1.11. The second kappa shape index (κ2) is 8.44. The number of unbranched alkanes of at least 4 members (excludes halogenated alkanes) is 1. The van der Waals surface area contributed by atoms with E-state index in [0.29, 0.717) is 29.9 Å². The summed E-state index contributed by atoms with van der Waals surface area (Å²) in [5.74, 6) is 0. The zero-order chi connectivity index (χ0) is 12.5. The van der Waals surface area contributed by atoms with Crippen molar-refractivity contribution in [3.05, 3.63) is 48.8 Å². The van der Waals surface area contributed by atoms with Gasteiger partial charge in [0.05, 0.1) is 0 Å². The standard InChI is InChI=1S/C14H16N2Se2/c1-3-9-15-13(7-1)17-11-5-6-12-18-14-8-2-4-10-16-14/h1-4,7-10H,5-6,11-12H2. The van der Waals surface area contributed by atoms with E-state index in [4.69, 9.17) is 0 Å². The number of nitrogens with zero attached hydrogens (tertiary/aromatic N) is 2. The van der Waals surface area contributed by atoms with Crippen LogP contribution in [0.2, 0.25) is 10.6 Å². The summed E-state index contributed by atoms with van der Waals surface area (Å²) in [4.78, 5) is 8.73. The van der Waals surface area contributed by atoms with Crippen LogP contribution in [0.3, 0.4) is 0 Å². The summed E-state index contributed by atoms with van der Waals surface area (Å²) < 4.78 is 2.56. The van der Waals surface area contributed by atoms with Crippen LogP contribution in [-0.4, -0.2) is 39.9 Å². The van der Waals surface area contributed by atoms with Crippen molar-refractivity contribution < 1.29 is 0 Å². The molecule has 18 heavy (non-hydrogen) atoms. The van der Waals surface area contributed by atoms with E-state index in [-0.39, 0.29) is 0 Å². The van der Waals surface area contributed by atoms with Crippen molar-refractivity contribution in [3.8, 4) is 0 Å². The monoisotopic (exact) mass is 372 g/mol. The summed E-state index contributed by atoms with van der Waals surface area (Å²) in [6.45, 7) is 0. The van der Waals surface area contributed by atoms with E-state index in [0.717, 1.165) is 0 Å². The average Bonchev–Trinajstić information content (AvgIpc) is 2.45. The summed E-state index contributed by atoms with van der Waals surface area (Å²) in [5.41, 5.74) is 0. The molecule has 0 spiro atoms. The third kappa shape index (κ3) is 5.32. The van der Waals surface area contributed by atoms with E-state index in [2.05, 4.69) is 34.2 Å². The van der Waals surface area contributed by atoms with Gasteiger partial charge in [-0.1, -0.05) is 0 Å². The molecule has 0 saturated heterocycles. The first-order valence-corrected chi connectivity index (χ1v) is 10.2. The zero-order valence-electron chi connectivity index (χ0n) is 10.2. The molecule has 2 nitrogen and oxygen atoms in total. The van der Waals surface area contributed by atoms with Crippen LogP contribution in [0.25, 0.3) is 0 Å². The van der Waals surface area contributed by atoms with E-state index < -0.39 is 0 Å². The Morgan fingerprint density at radius 3 is 1.61 bits per heavy atom. The van der Waals surface area contributed by atoms with Gasteiger partial charge in [0.1, 0.15) is 0 Å². The van der Waals surface area contributed by atoms with Gasteiger partial charge in [0.15, 0.2) is 0 Å². The predicted molar refractivity (Wildman–Crippen MR) is 78.1 cm³/mol. The second-order valence-electron chi connectivity index (χ2n) is 3.74. The van der Waals surface area contributed by atoms with Gasteiger partial charge in [-0.25, -0.2) is 0 Å². The van der Waals surface area contributed by atoms with Crippen LogP contribution in [0, 0.1) is 0 Å². The van der Waals surface area contributed by atoms with Gasteiger partial charge >= 0.3 is 121 Å². The van der Waals surface area contributed by atoms with Crippen LogP contribution in [0.4, 0.5) is 0 Å². The molecule has 4 heteroatoms. The molecule has 2 rings (SSSR count). The van der Waals surface area contributed by atoms with Gasteiger partial charge in [-0.3, -0.25) is 0 Å². The minimum atomic E-state index is 0.555. The van der Waals surface area contributed by atoms with E-state index in [9.17, 15) is 0 Å². The Kier molecular flexibility index (Phi) is 6.46. The Hall–Kier alpha value is -0.661. The van der Waals surface area contributed by atoms with Gasteiger partial charge in [-0.05, 0) is 0 Å². The molecule has 0 aliphatic heterocycles. The average molecular weight is 370 g/mol. The number of aromatic nitrogens is 2. The van der Waals surface area contributed by atoms with Gasteiger partial charge in [0.2, 0.25) is 0 Å². The van der Waals surface area contributed by atoms with Crippen LogP contribution >= 0.6 is 0 Å². The molecule has 0 aliphatic carbocycles. The molecule has 2 aromatic heterocycles. The third-order valence-corrected chi connectivity index (χ3v) is 6.64. The Labute approximate surface area is 121 Å². The van der Waals surface area contributed by atoms with Crippen molar-refractivity contribution >= 4 is 39.1 Å². The van der Waals surface area contributed by atoms with Crippen molar-refractivity contribution in [1.82, 2.24) is 9.97 Å². The molecule has 0 fully saturated rings. The normalized spacial score (nSPS) is 10.4. The Balaban J connectivity index is 1.54. The minimum absolute atomic E-state index is 0.555. The quantitative estimate of drug-likeness (QED) is 0.545. The molecule has 2 heterocycles. The molecular weight excluding hydrogens is 354 g/mol. The number of rotatable bonds is 7. The Morgan fingerprint density at radius 2 is 1.22 bits per heavy atom. The molecule has 0 amide bonds. The fourth-order valence-electron chi connectivity index (χ4n) is 1.42. The van der Waals surface area contributed by atoms with Crippen LogP contribution in [0.1, 0.15) is 12.8 Å². The summed E-state index contributed by atoms with van der Waals surface area (Å²) in [5, 5.41) is 2.62. The van der Waals surface area contributed by atoms with Crippen LogP contribution in [-0.2, 0) is 0 Å². The first kappa shape index (κ1) is 13.8. The van der Waals surface area contributed by atoms with Crippen molar-refractivity contribution in [2.75, 3.05) is 0 Å². The van der Waals surface area contributed by atoms with Crippen molar-refractivity contribution in [3.63, 3.8) is 0 Å². The zero-order valence-corrected chi connectivity index (χ0v) is 13.6. The van der Waals surface area contributed by atoms with Crippen LogP contribution in [0.15, 0.2) is 48.8 Å². The summed E-state index contributed by atoms with van der Waals surface area (Å²) in [6, 6.07) is 12.4. The maximum atomic E-state index is 4.37. The molecule has 94 valence electrons. The van der Waals surface area contributed by atoms with Crippen LogP contribution < -0.4 is 9.18 Å². The van der Waals surface area contributed by atoms with E-state index in [1.807, 2.05) is 24.5 Å².